The van der Waals surface area contributed by atoms with E-state index in [2.05, 4.69) is 9.97 Å². The van der Waals surface area contributed by atoms with Gasteiger partial charge in [-0.25, -0.2) is 9.97 Å². The van der Waals surface area contributed by atoms with Gasteiger partial charge in [-0.05, 0) is 19.3 Å². The minimum Gasteiger partial charge on any atom is -0.481 e. The van der Waals surface area contributed by atoms with Crippen LogP contribution in [-0.4, -0.2) is 21.0 Å². The van der Waals surface area contributed by atoms with Crippen molar-refractivity contribution in [3.05, 3.63) is 17.6 Å². The van der Waals surface area contributed by atoms with E-state index in [9.17, 15) is 4.79 Å². The number of aromatic nitrogens is 2. The Morgan fingerprint density at radius 3 is 2.81 bits per heavy atom. The summed E-state index contributed by atoms with van der Waals surface area (Å²) in [6.45, 7) is 0. The standard InChI is InChI=1S/C11H15N3O2/c12-10-8(4-5-9(15)16)6-13-11(14-10)7-2-1-3-7/h6-7H,1-5H2,(H,15,16)(H2,12,13,14). The number of nitrogens with zero attached hydrogens (tertiary/aromatic N) is 2. The third-order valence-corrected chi connectivity index (χ3v) is 3.00. The molecule has 0 amide bonds. The molecule has 1 aromatic rings. The second-order valence-corrected chi connectivity index (χ2v) is 4.16. The van der Waals surface area contributed by atoms with Crippen LogP contribution in [0.25, 0.3) is 0 Å². The van der Waals surface area contributed by atoms with Crippen LogP contribution in [0.15, 0.2) is 6.20 Å². The molecule has 1 saturated carbocycles. The van der Waals surface area contributed by atoms with Gasteiger partial charge in [-0.2, -0.15) is 0 Å². The van der Waals surface area contributed by atoms with E-state index in [4.69, 9.17) is 10.8 Å². The van der Waals surface area contributed by atoms with Crippen molar-refractivity contribution in [2.45, 2.75) is 38.0 Å². The lowest BCUT2D eigenvalue weighted by atomic mass is 9.85. The number of carbonyl (C=O) groups is 1. The summed E-state index contributed by atoms with van der Waals surface area (Å²) in [7, 11) is 0. The zero-order valence-electron chi connectivity index (χ0n) is 9.02. The molecular weight excluding hydrogens is 206 g/mol. The first-order chi connectivity index (χ1) is 7.66. The Balaban J connectivity index is 2.06. The van der Waals surface area contributed by atoms with Crippen LogP contribution in [0.4, 0.5) is 5.82 Å². The van der Waals surface area contributed by atoms with Crippen LogP contribution < -0.4 is 5.73 Å². The predicted octanol–water partition coefficient (Wildman–Crippen LogP) is 1.34. The Bertz CT molecular complexity index is 402. The summed E-state index contributed by atoms with van der Waals surface area (Å²) < 4.78 is 0. The van der Waals surface area contributed by atoms with Crippen LogP contribution in [0.5, 0.6) is 0 Å². The molecule has 5 heteroatoms. The minimum absolute atomic E-state index is 0.0658. The van der Waals surface area contributed by atoms with E-state index in [-0.39, 0.29) is 6.42 Å². The third-order valence-electron chi connectivity index (χ3n) is 3.00. The number of rotatable bonds is 4. The molecule has 0 aliphatic heterocycles. The van der Waals surface area contributed by atoms with Crippen LogP contribution in [0.1, 0.15) is 43.0 Å². The number of nitrogen functional groups attached to an aromatic ring is 1. The van der Waals surface area contributed by atoms with E-state index in [1.165, 1.54) is 6.42 Å². The number of carboxylic acids is 1. The Kier molecular flexibility index (Phi) is 3.03. The van der Waals surface area contributed by atoms with Gasteiger partial charge in [0.15, 0.2) is 0 Å². The highest BCUT2D eigenvalue weighted by Gasteiger charge is 2.22. The number of aliphatic carboxylic acids is 1. The normalized spacial score (nSPS) is 15.8. The number of hydrogen-bond acceptors (Lipinski definition) is 4. The summed E-state index contributed by atoms with van der Waals surface area (Å²) in [5.74, 6) is 0.860. The van der Waals surface area contributed by atoms with Gasteiger partial charge in [0.25, 0.3) is 0 Å². The van der Waals surface area contributed by atoms with E-state index in [1.54, 1.807) is 6.20 Å². The van der Waals surface area contributed by atoms with Gasteiger partial charge in [-0.3, -0.25) is 4.79 Å². The topological polar surface area (TPSA) is 89.1 Å². The van der Waals surface area contributed by atoms with Crippen LogP contribution in [0, 0.1) is 0 Å². The van der Waals surface area contributed by atoms with Crippen LogP contribution in [0.3, 0.4) is 0 Å². The molecule has 1 heterocycles. The summed E-state index contributed by atoms with van der Waals surface area (Å²) >= 11 is 0. The molecule has 1 fully saturated rings. The Hall–Kier alpha value is -1.65. The van der Waals surface area contributed by atoms with Gasteiger partial charge in [-0.15, -0.1) is 0 Å². The van der Waals surface area contributed by atoms with Crippen molar-refractivity contribution >= 4 is 11.8 Å². The summed E-state index contributed by atoms with van der Waals surface area (Å²) in [4.78, 5) is 18.9. The maximum atomic E-state index is 10.4. The van der Waals surface area contributed by atoms with Crippen molar-refractivity contribution in [2.24, 2.45) is 0 Å². The van der Waals surface area contributed by atoms with Crippen LogP contribution in [0.2, 0.25) is 0 Å². The second kappa shape index (κ2) is 4.47. The average molecular weight is 221 g/mol. The van der Waals surface area contributed by atoms with Crippen molar-refractivity contribution in [1.82, 2.24) is 9.97 Å². The molecule has 0 atom stereocenters. The molecule has 3 N–H and O–H groups in total. The highest BCUT2D eigenvalue weighted by molar-refractivity contribution is 5.67. The first kappa shape index (κ1) is 10.9. The SMILES string of the molecule is Nc1nc(C2CCC2)ncc1CCC(=O)O. The zero-order valence-corrected chi connectivity index (χ0v) is 9.02. The predicted molar refractivity (Wildman–Crippen MR) is 59.0 cm³/mol. The van der Waals surface area contributed by atoms with Crippen molar-refractivity contribution in [3.8, 4) is 0 Å². The quantitative estimate of drug-likeness (QED) is 0.800. The fourth-order valence-electron chi connectivity index (χ4n) is 1.73. The smallest absolute Gasteiger partial charge is 0.303 e. The molecule has 1 aromatic heterocycles. The lowest BCUT2D eigenvalue weighted by Crippen LogP contribution is -2.14. The maximum Gasteiger partial charge on any atom is 0.303 e. The van der Waals surface area contributed by atoms with Crippen molar-refractivity contribution < 1.29 is 9.90 Å². The van der Waals surface area contributed by atoms with Gasteiger partial charge >= 0.3 is 5.97 Å². The second-order valence-electron chi connectivity index (χ2n) is 4.16. The lowest BCUT2D eigenvalue weighted by molar-refractivity contribution is -0.136. The van der Waals surface area contributed by atoms with Crippen molar-refractivity contribution in [3.63, 3.8) is 0 Å². The molecule has 0 saturated heterocycles. The molecule has 1 aliphatic carbocycles. The van der Waals surface area contributed by atoms with Gasteiger partial charge in [0.1, 0.15) is 11.6 Å². The Labute approximate surface area is 93.7 Å². The summed E-state index contributed by atoms with van der Waals surface area (Å²) in [6.07, 6.45) is 5.62. The minimum atomic E-state index is -0.831. The van der Waals surface area contributed by atoms with Crippen LogP contribution >= 0.6 is 0 Å². The van der Waals surface area contributed by atoms with E-state index >= 15 is 0 Å². The number of aryl methyl sites for hydroxylation is 1. The average Bonchev–Trinajstić information content (AvgIpc) is 2.13. The number of anilines is 1. The summed E-state index contributed by atoms with van der Waals surface area (Å²) in [5.41, 5.74) is 6.51. The number of carboxylic acid groups (broad SMARTS) is 1. The first-order valence-corrected chi connectivity index (χ1v) is 5.50. The molecule has 5 nitrogen and oxygen atoms in total. The Morgan fingerprint density at radius 1 is 1.56 bits per heavy atom. The molecule has 0 spiro atoms. The molecule has 0 radical (unpaired) electrons. The maximum absolute atomic E-state index is 10.4. The van der Waals surface area contributed by atoms with E-state index in [0.29, 0.717) is 18.2 Å². The van der Waals surface area contributed by atoms with Gasteiger partial charge in [-0.1, -0.05) is 6.42 Å². The third kappa shape index (κ3) is 2.29. The summed E-state index contributed by atoms with van der Waals surface area (Å²) in [6, 6.07) is 0. The largest absolute Gasteiger partial charge is 0.481 e. The van der Waals surface area contributed by atoms with Gasteiger partial charge in [0, 0.05) is 24.1 Å². The highest BCUT2D eigenvalue weighted by Crippen LogP contribution is 2.34. The van der Waals surface area contributed by atoms with Gasteiger partial charge < -0.3 is 10.8 Å². The van der Waals surface area contributed by atoms with Gasteiger partial charge in [0.05, 0.1) is 0 Å². The molecular formula is C11H15N3O2. The van der Waals surface area contributed by atoms with Gasteiger partial charge in [0.2, 0.25) is 0 Å². The highest BCUT2D eigenvalue weighted by atomic mass is 16.4. The van der Waals surface area contributed by atoms with E-state index in [1.807, 2.05) is 0 Å². The molecule has 1 aliphatic rings. The molecule has 2 rings (SSSR count). The first-order valence-electron chi connectivity index (χ1n) is 5.50. The molecule has 0 unspecified atom stereocenters. The molecule has 86 valence electrons. The lowest BCUT2D eigenvalue weighted by Gasteiger charge is -2.23. The van der Waals surface area contributed by atoms with E-state index in [0.717, 1.165) is 24.2 Å². The molecule has 16 heavy (non-hydrogen) atoms. The monoisotopic (exact) mass is 221 g/mol. The number of nitrogens with two attached hydrogens (primary N) is 1. The molecule has 0 aromatic carbocycles. The molecule has 0 bridgehead atoms. The Morgan fingerprint density at radius 2 is 2.31 bits per heavy atom. The van der Waals surface area contributed by atoms with Crippen LogP contribution in [-0.2, 0) is 11.2 Å². The van der Waals surface area contributed by atoms with Crippen molar-refractivity contribution in [1.29, 1.82) is 0 Å². The van der Waals surface area contributed by atoms with Crippen molar-refractivity contribution in [2.75, 3.05) is 5.73 Å². The fourth-order valence-corrected chi connectivity index (χ4v) is 1.73. The van der Waals surface area contributed by atoms with E-state index < -0.39 is 5.97 Å². The summed E-state index contributed by atoms with van der Waals surface area (Å²) in [5, 5.41) is 8.57. The number of hydrogen-bond donors (Lipinski definition) is 2. The zero-order chi connectivity index (χ0) is 11.5. The fraction of sp³-hybridized carbons (Fsp3) is 0.545.